The molecule has 0 unspecified atom stereocenters. The Kier molecular flexibility index (Phi) is 6.31. The van der Waals surface area contributed by atoms with Crippen LogP contribution < -0.4 is 14.8 Å². The highest BCUT2D eigenvalue weighted by molar-refractivity contribution is 5.78. The lowest BCUT2D eigenvalue weighted by Gasteiger charge is -2.21. The Morgan fingerprint density at radius 3 is 2.45 bits per heavy atom. The van der Waals surface area contributed by atoms with Crippen LogP contribution in [0.5, 0.6) is 11.5 Å². The van der Waals surface area contributed by atoms with Gasteiger partial charge >= 0.3 is 0 Å². The molecule has 112 valence electrons. The molecule has 0 heterocycles. The average molecular weight is 280 g/mol. The standard InChI is InChI=1S/C15H24N2O3/c1-11(2)17(3)15(18)10-16-9-12-6-7-13(19-4)14(8-12)20-5/h6-8,11,16H,9-10H2,1-5H3. The Hall–Kier alpha value is -1.75. The van der Waals surface area contributed by atoms with Crippen molar-refractivity contribution in [2.45, 2.75) is 26.4 Å². The fourth-order valence-corrected chi connectivity index (χ4v) is 1.72. The summed E-state index contributed by atoms with van der Waals surface area (Å²) in [4.78, 5) is 13.5. The van der Waals surface area contributed by atoms with Gasteiger partial charge in [-0.25, -0.2) is 0 Å². The minimum Gasteiger partial charge on any atom is -0.493 e. The molecule has 1 aromatic carbocycles. The second kappa shape index (κ2) is 7.75. The number of benzene rings is 1. The SMILES string of the molecule is COc1ccc(CNCC(=O)N(C)C(C)C)cc1OC. The highest BCUT2D eigenvalue weighted by atomic mass is 16.5. The van der Waals surface area contributed by atoms with Gasteiger partial charge in [-0.2, -0.15) is 0 Å². The number of ether oxygens (including phenoxy) is 2. The van der Waals surface area contributed by atoms with Gasteiger partial charge in [0, 0.05) is 19.6 Å². The summed E-state index contributed by atoms with van der Waals surface area (Å²) < 4.78 is 10.4. The number of methoxy groups -OCH3 is 2. The monoisotopic (exact) mass is 280 g/mol. The summed E-state index contributed by atoms with van der Waals surface area (Å²) in [7, 11) is 5.03. The lowest BCUT2D eigenvalue weighted by Crippen LogP contribution is -2.39. The summed E-state index contributed by atoms with van der Waals surface area (Å²) in [5.74, 6) is 1.48. The van der Waals surface area contributed by atoms with Crippen LogP contribution in [-0.4, -0.2) is 44.7 Å². The van der Waals surface area contributed by atoms with Gasteiger partial charge in [0.25, 0.3) is 0 Å². The fraction of sp³-hybridized carbons (Fsp3) is 0.533. The van der Waals surface area contributed by atoms with Crippen molar-refractivity contribution in [1.29, 1.82) is 0 Å². The van der Waals surface area contributed by atoms with Gasteiger partial charge in [-0.1, -0.05) is 6.07 Å². The summed E-state index contributed by atoms with van der Waals surface area (Å²) in [6, 6.07) is 5.93. The van der Waals surface area contributed by atoms with Crippen molar-refractivity contribution >= 4 is 5.91 Å². The van der Waals surface area contributed by atoms with E-state index in [9.17, 15) is 4.79 Å². The minimum atomic E-state index is 0.0838. The molecule has 5 nitrogen and oxygen atoms in total. The van der Waals surface area contributed by atoms with E-state index in [-0.39, 0.29) is 11.9 Å². The maximum Gasteiger partial charge on any atom is 0.236 e. The molecule has 0 fully saturated rings. The Balaban J connectivity index is 2.52. The average Bonchev–Trinajstić information content (AvgIpc) is 2.45. The summed E-state index contributed by atoms with van der Waals surface area (Å²) in [6.07, 6.45) is 0. The van der Waals surface area contributed by atoms with Gasteiger partial charge in [-0.05, 0) is 31.5 Å². The van der Waals surface area contributed by atoms with Crippen molar-refractivity contribution in [3.05, 3.63) is 23.8 Å². The molecule has 20 heavy (non-hydrogen) atoms. The first-order valence-electron chi connectivity index (χ1n) is 6.66. The van der Waals surface area contributed by atoms with E-state index in [2.05, 4.69) is 5.32 Å². The largest absolute Gasteiger partial charge is 0.493 e. The first-order chi connectivity index (χ1) is 9.49. The lowest BCUT2D eigenvalue weighted by molar-refractivity contribution is -0.130. The quantitative estimate of drug-likeness (QED) is 0.825. The van der Waals surface area contributed by atoms with Crippen LogP contribution in [0.25, 0.3) is 0 Å². The van der Waals surface area contributed by atoms with Gasteiger partial charge in [-0.15, -0.1) is 0 Å². The molecular formula is C15H24N2O3. The van der Waals surface area contributed by atoms with Gasteiger partial charge < -0.3 is 19.7 Å². The molecule has 0 aromatic heterocycles. The van der Waals surface area contributed by atoms with Crippen molar-refractivity contribution in [3.8, 4) is 11.5 Å². The molecule has 0 bridgehead atoms. The van der Waals surface area contributed by atoms with Crippen LogP contribution in [0.1, 0.15) is 19.4 Å². The number of rotatable bonds is 7. The van der Waals surface area contributed by atoms with E-state index in [1.54, 1.807) is 19.1 Å². The molecule has 1 rings (SSSR count). The number of nitrogens with zero attached hydrogens (tertiary/aromatic N) is 1. The van der Waals surface area contributed by atoms with Crippen LogP contribution in [0, 0.1) is 0 Å². The number of amides is 1. The van der Waals surface area contributed by atoms with Crippen LogP contribution in [0.15, 0.2) is 18.2 Å². The zero-order valence-corrected chi connectivity index (χ0v) is 12.9. The molecule has 1 aromatic rings. The predicted molar refractivity (Wildman–Crippen MR) is 79.2 cm³/mol. The Morgan fingerprint density at radius 1 is 1.25 bits per heavy atom. The van der Waals surface area contributed by atoms with E-state index in [0.717, 1.165) is 5.56 Å². The zero-order valence-electron chi connectivity index (χ0n) is 12.9. The molecule has 0 aliphatic rings. The summed E-state index contributed by atoms with van der Waals surface area (Å²) in [5, 5.41) is 3.14. The second-order valence-corrected chi connectivity index (χ2v) is 4.89. The molecule has 0 saturated heterocycles. The smallest absolute Gasteiger partial charge is 0.236 e. The second-order valence-electron chi connectivity index (χ2n) is 4.89. The predicted octanol–water partition coefficient (Wildman–Crippen LogP) is 1.66. The van der Waals surface area contributed by atoms with Crippen molar-refractivity contribution in [2.75, 3.05) is 27.8 Å². The first-order valence-corrected chi connectivity index (χ1v) is 6.66. The maximum atomic E-state index is 11.8. The molecule has 1 amide bonds. The molecule has 5 heteroatoms. The van der Waals surface area contributed by atoms with Crippen LogP contribution >= 0.6 is 0 Å². The molecule has 0 radical (unpaired) electrons. The van der Waals surface area contributed by atoms with Crippen molar-refractivity contribution < 1.29 is 14.3 Å². The normalized spacial score (nSPS) is 10.5. The number of nitrogens with one attached hydrogen (secondary N) is 1. The van der Waals surface area contributed by atoms with Gasteiger partial charge in [0.2, 0.25) is 5.91 Å². The molecular weight excluding hydrogens is 256 g/mol. The van der Waals surface area contributed by atoms with Crippen LogP contribution in [0.3, 0.4) is 0 Å². The van der Waals surface area contributed by atoms with Gasteiger partial charge in [0.1, 0.15) is 0 Å². The molecule has 0 aliphatic heterocycles. The van der Waals surface area contributed by atoms with E-state index in [1.807, 2.05) is 39.1 Å². The van der Waals surface area contributed by atoms with Crippen molar-refractivity contribution in [2.24, 2.45) is 0 Å². The van der Waals surface area contributed by atoms with Crippen LogP contribution in [-0.2, 0) is 11.3 Å². The third kappa shape index (κ3) is 4.42. The van der Waals surface area contributed by atoms with Crippen LogP contribution in [0.4, 0.5) is 0 Å². The number of carbonyl (C=O) groups is 1. The molecule has 0 spiro atoms. The van der Waals surface area contributed by atoms with E-state index < -0.39 is 0 Å². The molecule has 0 saturated carbocycles. The number of hydrogen-bond donors (Lipinski definition) is 1. The van der Waals surface area contributed by atoms with E-state index in [0.29, 0.717) is 24.6 Å². The summed E-state index contributed by atoms with van der Waals surface area (Å²) >= 11 is 0. The lowest BCUT2D eigenvalue weighted by atomic mass is 10.2. The molecule has 0 aliphatic carbocycles. The Labute approximate surface area is 120 Å². The number of hydrogen-bond acceptors (Lipinski definition) is 4. The highest BCUT2D eigenvalue weighted by Crippen LogP contribution is 2.27. The zero-order chi connectivity index (χ0) is 15.1. The highest BCUT2D eigenvalue weighted by Gasteiger charge is 2.11. The Bertz CT molecular complexity index is 447. The van der Waals surface area contributed by atoms with Crippen LogP contribution in [0.2, 0.25) is 0 Å². The van der Waals surface area contributed by atoms with E-state index in [4.69, 9.17) is 9.47 Å². The first kappa shape index (κ1) is 16.3. The molecule has 0 atom stereocenters. The Morgan fingerprint density at radius 2 is 1.90 bits per heavy atom. The van der Waals surface area contributed by atoms with Gasteiger partial charge in [0.15, 0.2) is 11.5 Å². The van der Waals surface area contributed by atoms with Gasteiger partial charge in [-0.3, -0.25) is 4.79 Å². The maximum absolute atomic E-state index is 11.8. The minimum absolute atomic E-state index is 0.0838. The van der Waals surface area contributed by atoms with E-state index >= 15 is 0 Å². The fourth-order valence-electron chi connectivity index (χ4n) is 1.72. The molecule has 1 N–H and O–H groups in total. The van der Waals surface area contributed by atoms with E-state index in [1.165, 1.54) is 0 Å². The topological polar surface area (TPSA) is 50.8 Å². The number of likely N-dealkylation sites (N-methyl/N-ethyl adjacent to an activating group) is 1. The van der Waals surface area contributed by atoms with Gasteiger partial charge in [0.05, 0.1) is 20.8 Å². The third-order valence-electron chi connectivity index (χ3n) is 3.22. The summed E-state index contributed by atoms with van der Waals surface area (Å²) in [6.45, 7) is 4.92. The van der Waals surface area contributed by atoms with Crippen molar-refractivity contribution in [1.82, 2.24) is 10.2 Å². The number of carbonyl (C=O) groups excluding carboxylic acids is 1. The summed E-state index contributed by atoms with van der Waals surface area (Å²) in [5.41, 5.74) is 1.04. The third-order valence-corrected chi connectivity index (χ3v) is 3.22. The van der Waals surface area contributed by atoms with Crippen molar-refractivity contribution in [3.63, 3.8) is 0 Å².